The van der Waals surface area contributed by atoms with Crippen molar-refractivity contribution in [3.63, 3.8) is 0 Å². The minimum Gasteiger partial charge on any atom is -0.351 e. The number of aryl methyl sites for hydroxylation is 1. The monoisotopic (exact) mass is 249 g/mol. The van der Waals surface area contributed by atoms with Gasteiger partial charge in [-0.3, -0.25) is 4.79 Å². The molecule has 0 bridgehead atoms. The van der Waals surface area contributed by atoms with Gasteiger partial charge in [0.05, 0.1) is 0 Å². The Morgan fingerprint density at radius 2 is 2.50 bits per heavy atom. The van der Waals surface area contributed by atoms with Gasteiger partial charge in [0.15, 0.2) is 0 Å². The third kappa shape index (κ3) is 3.35. The summed E-state index contributed by atoms with van der Waals surface area (Å²) in [5.74, 6) is 0.766. The fourth-order valence-electron chi connectivity index (χ4n) is 2.55. The number of hydrogen-bond donors (Lipinski definition) is 2. The van der Waals surface area contributed by atoms with Crippen LogP contribution in [0.25, 0.3) is 0 Å². The number of nitrogens with one attached hydrogen (secondary N) is 2. The maximum atomic E-state index is 12.0. The highest BCUT2D eigenvalue weighted by Gasteiger charge is 2.14. The van der Waals surface area contributed by atoms with E-state index in [4.69, 9.17) is 0 Å². The molecule has 2 rings (SSSR count). The molecule has 2 heterocycles. The molecule has 100 valence electrons. The predicted molar refractivity (Wildman–Crippen MR) is 72.6 cm³/mol. The van der Waals surface area contributed by atoms with Gasteiger partial charge in [-0.05, 0) is 57.3 Å². The van der Waals surface area contributed by atoms with E-state index in [1.165, 1.54) is 12.8 Å². The lowest BCUT2D eigenvalue weighted by molar-refractivity contribution is 0.0941. The number of nitrogens with zero attached hydrogens (tertiary/aromatic N) is 1. The van der Waals surface area contributed by atoms with Crippen LogP contribution in [0.5, 0.6) is 0 Å². The summed E-state index contributed by atoms with van der Waals surface area (Å²) in [4.78, 5) is 12.0. The van der Waals surface area contributed by atoms with Gasteiger partial charge >= 0.3 is 0 Å². The first kappa shape index (κ1) is 13.1. The number of hydrogen-bond acceptors (Lipinski definition) is 2. The first-order valence-corrected chi connectivity index (χ1v) is 6.95. The van der Waals surface area contributed by atoms with Crippen molar-refractivity contribution < 1.29 is 4.79 Å². The van der Waals surface area contributed by atoms with E-state index >= 15 is 0 Å². The largest absolute Gasteiger partial charge is 0.351 e. The molecule has 1 fully saturated rings. The van der Waals surface area contributed by atoms with Crippen molar-refractivity contribution in [2.45, 2.75) is 32.7 Å². The Kier molecular flexibility index (Phi) is 4.81. The fourth-order valence-corrected chi connectivity index (χ4v) is 2.55. The zero-order valence-corrected chi connectivity index (χ0v) is 11.1. The van der Waals surface area contributed by atoms with Crippen molar-refractivity contribution in [3.05, 3.63) is 24.0 Å². The molecule has 4 heteroatoms. The minimum atomic E-state index is 0.0469. The van der Waals surface area contributed by atoms with E-state index in [0.717, 1.165) is 44.2 Å². The highest BCUT2D eigenvalue weighted by atomic mass is 16.1. The first-order chi connectivity index (χ1) is 8.81. The normalized spacial score (nSPS) is 19.7. The van der Waals surface area contributed by atoms with Crippen LogP contribution in [0.2, 0.25) is 0 Å². The SMILES string of the molecule is CCn1cccc1C(=O)NCCC1CCCNC1. The second-order valence-electron chi connectivity index (χ2n) is 4.94. The molecule has 1 aromatic rings. The standard InChI is InChI=1S/C14H23N3O/c1-2-17-10-4-6-13(17)14(18)16-9-7-12-5-3-8-15-11-12/h4,6,10,12,15H,2-3,5,7-9,11H2,1H3,(H,16,18). The van der Waals surface area contributed by atoms with Gasteiger partial charge in [-0.15, -0.1) is 0 Å². The molecule has 0 aromatic carbocycles. The summed E-state index contributed by atoms with van der Waals surface area (Å²) in [6.45, 7) is 5.90. The molecule has 18 heavy (non-hydrogen) atoms. The second kappa shape index (κ2) is 6.59. The van der Waals surface area contributed by atoms with Crippen LogP contribution in [0.15, 0.2) is 18.3 Å². The third-order valence-electron chi connectivity index (χ3n) is 3.64. The Morgan fingerprint density at radius 1 is 1.61 bits per heavy atom. The maximum Gasteiger partial charge on any atom is 0.267 e. The van der Waals surface area contributed by atoms with Crippen molar-refractivity contribution in [3.8, 4) is 0 Å². The molecule has 0 spiro atoms. The Hall–Kier alpha value is -1.29. The molecule has 0 aliphatic carbocycles. The number of piperidine rings is 1. The zero-order chi connectivity index (χ0) is 12.8. The average Bonchev–Trinajstić information content (AvgIpc) is 2.88. The quantitative estimate of drug-likeness (QED) is 0.833. The molecule has 2 N–H and O–H groups in total. The molecule has 1 atom stereocenters. The predicted octanol–water partition coefficient (Wildman–Crippen LogP) is 1.63. The number of rotatable bonds is 5. The Labute approximate surface area is 109 Å². The summed E-state index contributed by atoms with van der Waals surface area (Å²) in [6, 6.07) is 3.80. The van der Waals surface area contributed by atoms with Gasteiger partial charge in [0.25, 0.3) is 5.91 Å². The zero-order valence-electron chi connectivity index (χ0n) is 11.1. The molecule has 0 radical (unpaired) electrons. The molecule has 1 aromatic heterocycles. The molecule has 0 saturated carbocycles. The van der Waals surface area contributed by atoms with Crippen LogP contribution in [0.3, 0.4) is 0 Å². The van der Waals surface area contributed by atoms with E-state index in [-0.39, 0.29) is 5.91 Å². The molecule has 1 aliphatic rings. The number of carbonyl (C=O) groups excluding carboxylic acids is 1. The topological polar surface area (TPSA) is 46.1 Å². The first-order valence-electron chi connectivity index (χ1n) is 6.95. The van der Waals surface area contributed by atoms with E-state index in [0.29, 0.717) is 0 Å². The molecular formula is C14H23N3O. The molecule has 1 unspecified atom stereocenters. The lowest BCUT2D eigenvalue weighted by Gasteiger charge is -2.22. The van der Waals surface area contributed by atoms with Gasteiger partial charge in [-0.1, -0.05) is 0 Å². The third-order valence-corrected chi connectivity index (χ3v) is 3.64. The summed E-state index contributed by atoms with van der Waals surface area (Å²) in [5.41, 5.74) is 0.763. The second-order valence-corrected chi connectivity index (χ2v) is 4.94. The van der Waals surface area contributed by atoms with E-state index < -0.39 is 0 Å². The molecular weight excluding hydrogens is 226 g/mol. The summed E-state index contributed by atoms with van der Waals surface area (Å²) in [6.07, 6.45) is 5.57. The van der Waals surface area contributed by atoms with Gasteiger partial charge in [0.2, 0.25) is 0 Å². The van der Waals surface area contributed by atoms with Crippen LogP contribution in [0.4, 0.5) is 0 Å². The molecule has 1 amide bonds. The van der Waals surface area contributed by atoms with Crippen LogP contribution in [0, 0.1) is 5.92 Å². The van der Waals surface area contributed by atoms with Gasteiger partial charge < -0.3 is 15.2 Å². The van der Waals surface area contributed by atoms with Crippen LogP contribution in [-0.2, 0) is 6.54 Å². The Balaban J connectivity index is 1.74. The van der Waals surface area contributed by atoms with Crippen molar-refractivity contribution in [2.24, 2.45) is 5.92 Å². The van der Waals surface area contributed by atoms with E-state index in [9.17, 15) is 4.79 Å². The highest BCUT2D eigenvalue weighted by Crippen LogP contribution is 2.13. The lowest BCUT2D eigenvalue weighted by Crippen LogP contribution is -2.33. The van der Waals surface area contributed by atoms with Crippen LogP contribution < -0.4 is 10.6 Å². The van der Waals surface area contributed by atoms with Gasteiger partial charge in [-0.25, -0.2) is 0 Å². The summed E-state index contributed by atoms with van der Waals surface area (Å²) in [5, 5.41) is 6.42. The summed E-state index contributed by atoms with van der Waals surface area (Å²) >= 11 is 0. The van der Waals surface area contributed by atoms with E-state index in [1.807, 2.05) is 29.8 Å². The van der Waals surface area contributed by atoms with Gasteiger partial charge in [-0.2, -0.15) is 0 Å². The van der Waals surface area contributed by atoms with Crippen LogP contribution in [-0.4, -0.2) is 30.1 Å². The van der Waals surface area contributed by atoms with Crippen molar-refractivity contribution in [1.82, 2.24) is 15.2 Å². The van der Waals surface area contributed by atoms with Gasteiger partial charge in [0, 0.05) is 19.3 Å². The van der Waals surface area contributed by atoms with E-state index in [1.54, 1.807) is 0 Å². The Bertz CT molecular complexity index is 380. The number of aromatic nitrogens is 1. The van der Waals surface area contributed by atoms with Gasteiger partial charge in [0.1, 0.15) is 5.69 Å². The molecule has 4 nitrogen and oxygen atoms in total. The van der Waals surface area contributed by atoms with E-state index in [2.05, 4.69) is 10.6 Å². The van der Waals surface area contributed by atoms with Crippen LogP contribution >= 0.6 is 0 Å². The molecule has 1 saturated heterocycles. The number of carbonyl (C=O) groups is 1. The molecule has 1 aliphatic heterocycles. The summed E-state index contributed by atoms with van der Waals surface area (Å²) in [7, 11) is 0. The van der Waals surface area contributed by atoms with Crippen molar-refractivity contribution in [1.29, 1.82) is 0 Å². The minimum absolute atomic E-state index is 0.0469. The Morgan fingerprint density at radius 3 is 3.22 bits per heavy atom. The lowest BCUT2D eigenvalue weighted by atomic mass is 9.96. The van der Waals surface area contributed by atoms with Crippen LogP contribution in [0.1, 0.15) is 36.7 Å². The fraction of sp³-hybridized carbons (Fsp3) is 0.643. The average molecular weight is 249 g/mol. The smallest absolute Gasteiger partial charge is 0.267 e. The van der Waals surface area contributed by atoms with Crippen molar-refractivity contribution in [2.75, 3.05) is 19.6 Å². The maximum absolute atomic E-state index is 12.0. The van der Waals surface area contributed by atoms with Crippen molar-refractivity contribution >= 4 is 5.91 Å². The summed E-state index contributed by atoms with van der Waals surface area (Å²) < 4.78 is 1.97. The number of amides is 1. The highest BCUT2D eigenvalue weighted by molar-refractivity contribution is 5.92.